The van der Waals surface area contributed by atoms with Crippen LogP contribution < -0.4 is 14.9 Å². The van der Waals surface area contributed by atoms with Gasteiger partial charge in [0.2, 0.25) is 5.75 Å². The number of carbonyl (C=O) groups is 1. The number of hydrogen-bond donors (Lipinski definition) is 2. The van der Waals surface area contributed by atoms with E-state index in [0.717, 1.165) is 18.2 Å². The number of aliphatic hydroxyl groups is 1. The van der Waals surface area contributed by atoms with E-state index in [-0.39, 0.29) is 17.2 Å². The van der Waals surface area contributed by atoms with Crippen molar-refractivity contribution in [3.63, 3.8) is 0 Å². The summed E-state index contributed by atoms with van der Waals surface area (Å²) < 4.78 is 11.0. The monoisotopic (exact) mass is 542 g/mol. The minimum Gasteiger partial charge on any atom is -0.493 e. The maximum Gasteiger partial charge on any atom is 0.318 e. The Labute approximate surface area is 227 Å². The Morgan fingerprint density at radius 2 is 1.45 bits per heavy atom. The summed E-state index contributed by atoms with van der Waals surface area (Å²) in [5, 5.41) is 38.0. The molecule has 0 aliphatic carbocycles. The molecule has 202 valence electrons. The van der Waals surface area contributed by atoms with E-state index in [9.17, 15) is 30.1 Å². The highest BCUT2D eigenvalue weighted by Gasteiger charge is 2.39. The van der Waals surface area contributed by atoms with Crippen LogP contribution in [0, 0.1) is 20.2 Å². The summed E-state index contributed by atoms with van der Waals surface area (Å²) in [4.78, 5) is 34.2. The number of rotatable bonds is 10. The van der Waals surface area contributed by atoms with Crippen LogP contribution in [0.15, 0.2) is 102 Å². The van der Waals surface area contributed by atoms with E-state index >= 15 is 0 Å². The smallest absolute Gasteiger partial charge is 0.318 e. The van der Waals surface area contributed by atoms with E-state index in [0.29, 0.717) is 16.7 Å². The average Bonchev–Trinajstić information content (AvgIpc) is 2.97. The number of non-ortho nitro benzene ring substituents is 1. The fraction of sp³-hybridized carbons (Fsp3) is 0.0714. The van der Waals surface area contributed by atoms with Crippen molar-refractivity contribution in [2.75, 3.05) is 7.11 Å². The molecule has 4 rings (SSSR count). The number of hydrogen-bond acceptors (Lipinski definition) is 9. The molecule has 0 aromatic heterocycles. The van der Waals surface area contributed by atoms with Crippen LogP contribution in [0.1, 0.15) is 16.7 Å². The molecule has 0 aliphatic heterocycles. The molecule has 0 saturated heterocycles. The minimum absolute atomic E-state index is 0.0554. The number of nitro groups is 2. The average molecular weight is 543 g/mol. The van der Waals surface area contributed by atoms with Gasteiger partial charge in [0.05, 0.1) is 29.2 Å². The first-order valence-electron chi connectivity index (χ1n) is 11.7. The Bertz CT molecular complexity index is 1540. The summed E-state index contributed by atoms with van der Waals surface area (Å²) >= 11 is 0. The molecule has 0 spiro atoms. The summed E-state index contributed by atoms with van der Waals surface area (Å²) in [5.74, 6) is -0.768. The third kappa shape index (κ3) is 5.76. The quantitative estimate of drug-likeness (QED) is 0.165. The van der Waals surface area contributed by atoms with Crippen molar-refractivity contribution in [3.05, 3.63) is 134 Å². The van der Waals surface area contributed by atoms with Gasteiger partial charge in [0.25, 0.3) is 11.6 Å². The largest absolute Gasteiger partial charge is 0.493 e. The van der Waals surface area contributed by atoms with Crippen LogP contribution >= 0.6 is 0 Å². The van der Waals surface area contributed by atoms with Crippen molar-refractivity contribution in [1.29, 1.82) is 0 Å². The Balaban J connectivity index is 1.60. The number of nitrogens with zero attached hydrogens (tertiary/aromatic N) is 3. The molecule has 40 heavy (non-hydrogen) atoms. The van der Waals surface area contributed by atoms with Gasteiger partial charge in [-0.3, -0.25) is 25.0 Å². The van der Waals surface area contributed by atoms with Crippen LogP contribution in [-0.2, 0) is 10.4 Å². The van der Waals surface area contributed by atoms with Crippen molar-refractivity contribution in [2.24, 2.45) is 5.10 Å². The number of nitro benzene ring substituents is 2. The minimum atomic E-state index is -2.02. The van der Waals surface area contributed by atoms with Crippen LogP contribution in [-0.4, -0.2) is 34.2 Å². The highest BCUT2D eigenvalue weighted by atomic mass is 16.6. The first-order valence-corrected chi connectivity index (χ1v) is 11.7. The fourth-order valence-electron chi connectivity index (χ4n) is 3.85. The fourth-order valence-corrected chi connectivity index (χ4v) is 3.85. The van der Waals surface area contributed by atoms with Crippen LogP contribution in [0.3, 0.4) is 0 Å². The SMILES string of the molecule is COc1ccc(/C=N\NC(=O)C(O)(c2ccccc2)c2ccccc2)cc1Oc1ccc([N+](=O)[O-])cc1[N+](=O)[O-]. The van der Waals surface area contributed by atoms with E-state index in [1.54, 1.807) is 66.7 Å². The Hall–Kier alpha value is -5.62. The van der Waals surface area contributed by atoms with Crippen molar-refractivity contribution in [2.45, 2.75) is 5.60 Å². The number of ether oxygens (including phenoxy) is 2. The third-order valence-electron chi connectivity index (χ3n) is 5.85. The van der Waals surface area contributed by atoms with Gasteiger partial charge >= 0.3 is 5.69 Å². The second-order valence-corrected chi connectivity index (χ2v) is 8.32. The van der Waals surface area contributed by atoms with E-state index in [4.69, 9.17) is 9.47 Å². The Morgan fingerprint density at radius 3 is 2.00 bits per heavy atom. The maximum absolute atomic E-state index is 13.2. The van der Waals surface area contributed by atoms with Gasteiger partial charge in [-0.05, 0) is 41.0 Å². The van der Waals surface area contributed by atoms with Gasteiger partial charge in [0.15, 0.2) is 17.1 Å². The first kappa shape index (κ1) is 27.4. The van der Waals surface area contributed by atoms with Gasteiger partial charge in [-0.15, -0.1) is 0 Å². The zero-order valence-electron chi connectivity index (χ0n) is 21.0. The Kier molecular flexibility index (Phi) is 8.11. The summed E-state index contributed by atoms with van der Waals surface area (Å²) in [6.07, 6.45) is 1.28. The van der Waals surface area contributed by atoms with Crippen LogP contribution in [0.5, 0.6) is 17.2 Å². The zero-order chi connectivity index (χ0) is 28.7. The van der Waals surface area contributed by atoms with Gasteiger partial charge in [0.1, 0.15) is 0 Å². The predicted octanol–water partition coefficient (Wildman–Crippen LogP) is 4.69. The molecule has 12 nitrogen and oxygen atoms in total. The van der Waals surface area contributed by atoms with Gasteiger partial charge in [-0.25, -0.2) is 5.43 Å². The zero-order valence-corrected chi connectivity index (χ0v) is 21.0. The summed E-state index contributed by atoms with van der Waals surface area (Å²) in [5.41, 5.74) is 0.364. The molecule has 0 radical (unpaired) electrons. The van der Waals surface area contributed by atoms with Crippen LogP contribution in [0.4, 0.5) is 11.4 Å². The lowest BCUT2D eigenvalue weighted by molar-refractivity contribution is -0.394. The van der Waals surface area contributed by atoms with Crippen LogP contribution in [0.25, 0.3) is 0 Å². The molecule has 12 heteroatoms. The lowest BCUT2D eigenvalue weighted by Gasteiger charge is -2.27. The molecule has 0 fully saturated rings. The number of benzene rings is 4. The summed E-state index contributed by atoms with van der Waals surface area (Å²) in [7, 11) is 1.37. The van der Waals surface area contributed by atoms with E-state index in [2.05, 4.69) is 10.5 Å². The molecule has 0 saturated carbocycles. The van der Waals surface area contributed by atoms with Crippen LogP contribution in [0.2, 0.25) is 0 Å². The summed E-state index contributed by atoms with van der Waals surface area (Å²) in [6.45, 7) is 0. The number of methoxy groups -OCH3 is 1. The van der Waals surface area contributed by atoms with Crippen molar-refractivity contribution >= 4 is 23.5 Å². The lowest BCUT2D eigenvalue weighted by Crippen LogP contribution is -2.43. The van der Waals surface area contributed by atoms with E-state index < -0.39 is 32.7 Å². The molecule has 0 bridgehead atoms. The van der Waals surface area contributed by atoms with Gasteiger partial charge in [0, 0.05) is 6.07 Å². The number of amides is 1. The van der Waals surface area contributed by atoms with Crippen molar-refractivity contribution in [3.8, 4) is 17.2 Å². The van der Waals surface area contributed by atoms with Gasteiger partial charge in [-0.2, -0.15) is 5.10 Å². The molecule has 4 aromatic rings. The third-order valence-corrected chi connectivity index (χ3v) is 5.85. The molecule has 2 N–H and O–H groups in total. The molecule has 0 unspecified atom stereocenters. The highest BCUT2D eigenvalue weighted by molar-refractivity contribution is 5.91. The molecule has 1 amide bonds. The maximum atomic E-state index is 13.2. The van der Waals surface area contributed by atoms with Crippen molar-refractivity contribution in [1.82, 2.24) is 5.43 Å². The molecule has 0 atom stereocenters. The van der Waals surface area contributed by atoms with Gasteiger partial charge in [-0.1, -0.05) is 60.7 Å². The topological polar surface area (TPSA) is 166 Å². The standard InChI is InChI=1S/C28H22N4O8/c1-39-25-14-12-19(16-26(25)40-24-15-13-22(31(35)36)17-23(24)32(37)38)18-29-30-27(33)28(34,20-8-4-2-5-9-20)21-10-6-3-7-11-21/h2-18,34H,1H3,(H,30,33)/b29-18-. The summed E-state index contributed by atoms with van der Waals surface area (Å²) in [6, 6.07) is 24.4. The van der Waals surface area contributed by atoms with E-state index in [1.165, 1.54) is 25.5 Å². The van der Waals surface area contributed by atoms with Crippen molar-refractivity contribution < 1.29 is 29.2 Å². The molecule has 0 heterocycles. The van der Waals surface area contributed by atoms with Gasteiger partial charge < -0.3 is 14.6 Å². The molecular formula is C28H22N4O8. The first-order chi connectivity index (χ1) is 19.2. The molecule has 0 aliphatic rings. The Morgan fingerprint density at radius 1 is 0.850 bits per heavy atom. The van der Waals surface area contributed by atoms with E-state index in [1.807, 2.05) is 0 Å². The second kappa shape index (κ2) is 11.8. The normalized spacial score (nSPS) is 11.2. The number of carbonyl (C=O) groups excluding carboxylic acids is 1. The lowest BCUT2D eigenvalue weighted by atomic mass is 9.85. The predicted molar refractivity (Wildman–Crippen MR) is 144 cm³/mol. The highest BCUT2D eigenvalue weighted by Crippen LogP contribution is 2.38. The second-order valence-electron chi connectivity index (χ2n) is 8.32. The molecular weight excluding hydrogens is 520 g/mol. The number of hydrazone groups is 1. The molecule has 4 aromatic carbocycles. The number of nitrogens with one attached hydrogen (secondary N) is 1.